The molecule has 1 unspecified atom stereocenters. The number of carbonyl (C=O) groups is 2. The van der Waals surface area contributed by atoms with E-state index >= 15 is 0 Å². The number of hydrogen-bond acceptors (Lipinski definition) is 5. The number of nitrogens with two attached hydrogens (primary N) is 1. The third-order valence-electron chi connectivity index (χ3n) is 4.20. The molecule has 7 heteroatoms. The van der Waals surface area contributed by atoms with Gasteiger partial charge in [-0.2, -0.15) is 0 Å². The number of ether oxygens (including phenoxy) is 2. The van der Waals surface area contributed by atoms with E-state index in [0.29, 0.717) is 18.0 Å². The fourth-order valence-corrected chi connectivity index (χ4v) is 3.90. The predicted molar refractivity (Wildman–Crippen MR) is 116 cm³/mol. The van der Waals surface area contributed by atoms with Gasteiger partial charge in [0.05, 0.1) is 12.4 Å². The number of thioether (sulfide) groups is 1. The van der Waals surface area contributed by atoms with Gasteiger partial charge in [-0.3, -0.25) is 9.59 Å². The highest BCUT2D eigenvalue weighted by Crippen LogP contribution is 2.28. The Labute approximate surface area is 176 Å². The molecule has 0 bridgehead atoms. The first kappa shape index (κ1) is 22.6. The lowest BCUT2D eigenvalue weighted by molar-refractivity contribution is -0.121. The summed E-state index contributed by atoms with van der Waals surface area (Å²) in [4.78, 5) is 23.6. The minimum Gasteiger partial charge on any atom is -0.493 e. The second-order valence-corrected chi connectivity index (χ2v) is 8.05. The molecule has 29 heavy (non-hydrogen) atoms. The number of rotatable bonds is 11. The Bertz CT molecular complexity index is 812. The third kappa shape index (κ3) is 7.34. The molecule has 0 spiro atoms. The Hall–Kier alpha value is -2.67. The fraction of sp³-hybridized carbons (Fsp3) is 0.364. The van der Waals surface area contributed by atoms with Gasteiger partial charge in [0.15, 0.2) is 18.1 Å². The molecule has 0 fully saturated rings. The van der Waals surface area contributed by atoms with Gasteiger partial charge in [0, 0.05) is 12.3 Å². The highest BCUT2D eigenvalue weighted by molar-refractivity contribution is 7.99. The quantitative estimate of drug-likeness (QED) is 0.587. The lowest BCUT2D eigenvalue weighted by Gasteiger charge is -2.20. The average Bonchev–Trinajstić information content (AvgIpc) is 2.71. The number of carbonyl (C=O) groups excluding carboxylic acids is 2. The van der Waals surface area contributed by atoms with Crippen molar-refractivity contribution in [1.82, 2.24) is 5.32 Å². The molecule has 0 radical (unpaired) electrons. The molecular formula is C22H28N2O4S. The first-order valence-corrected chi connectivity index (χ1v) is 10.5. The van der Waals surface area contributed by atoms with Crippen molar-refractivity contribution in [3.05, 3.63) is 59.7 Å². The van der Waals surface area contributed by atoms with Crippen molar-refractivity contribution in [2.45, 2.75) is 31.4 Å². The van der Waals surface area contributed by atoms with Crippen LogP contribution in [0.3, 0.4) is 0 Å². The third-order valence-corrected chi connectivity index (χ3v) is 5.82. The van der Waals surface area contributed by atoms with Crippen molar-refractivity contribution in [3.8, 4) is 11.5 Å². The summed E-state index contributed by atoms with van der Waals surface area (Å²) in [6.07, 6.45) is 0. The van der Waals surface area contributed by atoms with Gasteiger partial charge in [0.25, 0.3) is 5.91 Å². The van der Waals surface area contributed by atoms with E-state index in [1.807, 2.05) is 24.3 Å². The van der Waals surface area contributed by atoms with Crippen molar-refractivity contribution >= 4 is 23.6 Å². The van der Waals surface area contributed by atoms with E-state index in [2.05, 4.69) is 31.3 Å². The van der Waals surface area contributed by atoms with Crippen LogP contribution in [0.4, 0.5) is 0 Å². The van der Waals surface area contributed by atoms with Gasteiger partial charge < -0.3 is 20.5 Å². The molecule has 156 valence electrons. The van der Waals surface area contributed by atoms with E-state index in [4.69, 9.17) is 15.2 Å². The number of nitrogens with one attached hydrogen (secondary N) is 1. The van der Waals surface area contributed by atoms with Crippen LogP contribution in [-0.4, -0.2) is 30.8 Å². The predicted octanol–water partition coefficient (Wildman–Crippen LogP) is 3.13. The molecule has 0 aliphatic heterocycles. The van der Waals surface area contributed by atoms with Crippen molar-refractivity contribution in [3.63, 3.8) is 0 Å². The van der Waals surface area contributed by atoms with Gasteiger partial charge in [0.1, 0.15) is 0 Å². The van der Waals surface area contributed by atoms with Crippen LogP contribution < -0.4 is 20.5 Å². The maximum atomic E-state index is 12.7. The molecule has 0 saturated heterocycles. The highest BCUT2D eigenvalue weighted by atomic mass is 32.2. The summed E-state index contributed by atoms with van der Waals surface area (Å²) in [5.41, 5.74) is 7.18. The van der Waals surface area contributed by atoms with Crippen LogP contribution in [-0.2, 0) is 21.9 Å². The second-order valence-electron chi connectivity index (χ2n) is 6.92. The maximum Gasteiger partial charge on any atom is 0.255 e. The molecule has 2 aromatic rings. The number of hydrogen-bond donors (Lipinski definition) is 2. The van der Waals surface area contributed by atoms with Crippen LogP contribution in [0.25, 0.3) is 0 Å². The summed E-state index contributed by atoms with van der Waals surface area (Å²) < 4.78 is 10.6. The molecule has 1 atom stereocenters. The Morgan fingerprint density at radius 3 is 2.41 bits per heavy atom. The standard InChI is InChI=1S/C22H28N2O4S/c1-15(2)21(29-14-16-7-5-4-6-8-16)22(26)24-12-17-9-10-18(19(11-17)27-3)28-13-20(23)25/h4-11,15,21H,12-14H2,1-3H3,(H2,23,25)(H,24,26). The van der Waals surface area contributed by atoms with E-state index in [1.54, 1.807) is 23.9 Å². The smallest absolute Gasteiger partial charge is 0.255 e. The van der Waals surface area contributed by atoms with Crippen molar-refractivity contribution in [1.29, 1.82) is 0 Å². The van der Waals surface area contributed by atoms with Gasteiger partial charge in [-0.15, -0.1) is 11.8 Å². The summed E-state index contributed by atoms with van der Waals surface area (Å²) >= 11 is 1.64. The Kier molecular flexibility index (Phi) is 8.86. The van der Waals surface area contributed by atoms with Crippen LogP contribution in [0.5, 0.6) is 11.5 Å². The Morgan fingerprint density at radius 2 is 1.79 bits per heavy atom. The van der Waals surface area contributed by atoms with Crippen LogP contribution in [0.2, 0.25) is 0 Å². The minimum atomic E-state index is -0.559. The SMILES string of the molecule is COc1cc(CNC(=O)C(SCc2ccccc2)C(C)C)ccc1OCC(N)=O. The molecular weight excluding hydrogens is 388 g/mol. The van der Waals surface area contributed by atoms with E-state index < -0.39 is 5.91 Å². The van der Waals surface area contributed by atoms with Crippen molar-refractivity contribution in [2.24, 2.45) is 11.7 Å². The first-order valence-electron chi connectivity index (χ1n) is 9.42. The molecule has 0 aromatic heterocycles. The summed E-state index contributed by atoms with van der Waals surface area (Å²) in [7, 11) is 1.52. The monoisotopic (exact) mass is 416 g/mol. The van der Waals surface area contributed by atoms with Gasteiger partial charge in [-0.05, 0) is 29.2 Å². The van der Waals surface area contributed by atoms with Crippen molar-refractivity contribution < 1.29 is 19.1 Å². The van der Waals surface area contributed by atoms with E-state index in [0.717, 1.165) is 11.3 Å². The number of primary amides is 1. The van der Waals surface area contributed by atoms with Crippen LogP contribution in [0.15, 0.2) is 48.5 Å². The number of amides is 2. The largest absolute Gasteiger partial charge is 0.493 e. The van der Waals surface area contributed by atoms with Gasteiger partial charge >= 0.3 is 0 Å². The zero-order valence-electron chi connectivity index (χ0n) is 17.0. The van der Waals surface area contributed by atoms with Crippen LogP contribution in [0, 0.1) is 5.92 Å². The lowest BCUT2D eigenvalue weighted by Crippen LogP contribution is -2.35. The molecule has 2 aromatic carbocycles. The molecule has 0 aliphatic carbocycles. The van der Waals surface area contributed by atoms with Crippen molar-refractivity contribution in [2.75, 3.05) is 13.7 Å². The fourth-order valence-electron chi connectivity index (χ4n) is 2.71. The number of methoxy groups -OCH3 is 1. The van der Waals surface area contributed by atoms with Gasteiger partial charge in [0.2, 0.25) is 5.91 Å². The average molecular weight is 417 g/mol. The molecule has 0 saturated carbocycles. The molecule has 0 heterocycles. The molecule has 2 rings (SSSR count). The Morgan fingerprint density at radius 1 is 1.07 bits per heavy atom. The zero-order chi connectivity index (χ0) is 21.2. The van der Waals surface area contributed by atoms with Gasteiger partial charge in [-0.25, -0.2) is 0 Å². The summed E-state index contributed by atoms with van der Waals surface area (Å²) in [6, 6.07) is 15.4. The summed E-state index contributed by atoms with van der Waals surface area (Å²) in [6.45, 7) is 4.26. The van der Waals surface area contributed by atoms with Gasteiger partial charge in [-0.1, -0.05) is 50.2 Å². The molecule has 2 amide bonds. The normalized spacial score (nSPS) is 11.7. The minimum absolute atomic E-state index is 0.00829. The maximum absolute atomic E-state index is 12.7. The molecule has 3 N–H and O–H groups in total. The first-order chi connectivity index (χ1) is 13.9. The summed E-state index contributed by atoms with van der Waals surface area (Å²) in [5.74, 6) is 1.36. The van der Waals surface area contributed by atoms with Crippen LogP contribution in [0.1, 0.15) is 25.0 Å². The van der Waals surface area contributed by atoms with Crippen LogP contribution >= 0.6 is 11.8 Å². The summed E-state index contributed by atoms with van der Waals surface area (Å²) in [5, 5.41) is 2.86. The molecule has 6 nitrogen and oxygen atoms in total. The molecule has 0 aliphatic rings. The zero-order valence-corrected chi connectivity index (χ0v) is 17.8. The Balaban J connectivity index is 1.95. The van der Waals surface area contributed by atoms with E-state index in [-0.39, 0.29) is 23.7 Å². The number of benzene rings is 2. The lowest BCUT2D eigenvalue weighted by atomic mass is 10.1. The van der Waals surface area contributed by atoms with E-state index in [1.165, 1.54) is 12.7 Å². The topological polar surface area (TPSA) is 90.7 Å². The second kappa shape index (κ2) is 11.4. The van der Waals surface area contributed by atoms with E-state index in [9.17, 15) is 9.59 Å². The highest BCUT2D eigenvalue weighted by Gasteiger charge is 2.22.